The summed E-state index contributed by atoms with van der Waals surface area (Å²) in [5.74, 6) is 0.190. The van der Waals surface area contributed by atoms with Crippen LogP contribution in [0.5, 0.6) is 0 Å². The van der Waals surface area contributed by atoms with E-state index < -0.39 is 24.1 Å². The van der Waals surface area contributed by atoms with Crippen LogP contribution in [0.1, 0.15) is 13.3 Å². The Morgan fingerprint density at radius 1 is 1.37 bits per heavy atom. The van der Waals surface area contributed by atoms with Crippen molar-refractivity contribution in [1.29, 1.82) is 0 Å². The molecule has 0 aliphatic heterocycles. The first kappa shape index (κ1) is 15.0. The van der Waals surface area contributed by atoms with Crippen molar-refractivity contribution in [2.75, 3.05) is 23.7 Å². The topological polar surface area (TPSA) is 80.1 Å². The van der Waals surface area contributed by atoms with Gasteiger partial charge in [-0.05, 0) is 13.0 Å². The van der Waals surface area contributed by atoms with E-state index in [0.29, 0.717) is 12.4 Å². The molecule has 1 heterocycles. The van der Waals surface area contributed by atoms with E-state index in [1.807, 2.05) is 0 Å². The van der Waals surface area contributed by atoms with Crippen molar-refractivity contribution in [2.45, 2.75) is 19.5 Å². The first-order valence-corrected chi connectivity index (χ1v) is 5.53. The summed E-state index contributed by atoms with van der Waals surface area (Å²) in [7, 11) is 0. The highest BCUT2D eigenvalue weighted by atomic mass is 19.4. The number of alkyl halides is 3. The molecule has 1 aromatic rings. The van der Waals surface area contributed by atoms with Crippen LogP contribution >= 0.6 is 0 Å². The molecule has 0 amide bonds. The van der Waals surface area contributed by atoms with E-state index in [0.717, 1.165) is 0 Å². The summed E-state index contributed by atoms with van der Waals surface area (Å²) in [6.07, 6.45) is -5.40. The first-order chi connectivity index (χ1) is 8.83. The summed E-state index contributed by atoms with van der Waals surface area (Å²) < 4.78 is 36.0. The maximum atomic E-state index is 12.0. The quantitative estimate of drug-likeness (QED) is 0.617. The third-order valence-electron chi connectivity index (χ3n) is 2.13. The van der Waals surface area contributed by atoms with E-state index in [4.69, 9.17) is 0 Å². The average Bonchev–Trinajstić information content (AvgIpc) is 2.27. The molecule has 0 aliphatic carbocycles. The SMILES string of the molecule is CCNc1ccc([N+](=O)[O-])c(NCCC(F)(F)F)n1. The second-order valence-corrected chi connectivity index (χ2v) is 3.64. The van der Waals surface area contributed by atoms with Crippen LogP contribution in [0, 0.1) is 10.1 Å². The van der Waals surface area contributed by atoms with Gasteiger partial charge in [-0.15, -0.1) is 0 Å². The summed E-state index contributed by atoms with van der Waals surface area (Å²) in [5, 5.41) is 15.9. The van der Waals surface area contributed by atoms with Gasteiger partial charge in [0, 0.05) is 19.2 Å². The van der Waals surface area contributed by atoms with Gasteiger partial charge < -0.3 is 10.6 Å². The number of nitro groups is 1. The molecule has 2 N–H and O–H groups in total. The summed E-state index contributed by atoms with van der Waals surface area (Å²) >= 11 is 0. The minimum atomic E-state index is -4.32. The van der Waals surface area contributed by atoms with Crippen LogP contribution in [0.3, 0.4) is 0 Å². The van der Waals surface area contributed by atoms with Crippen molar-refractivity contribution in [1.82, 2.24) is 4.98 Å². The van der Waals surface area contributed by atoms with Crippen molar-refractivity contribution < 1.29 is 18.1 Å². The Labute approximate surface area is 107 Å². The van der Waals surface area contributed by atoms with Crippen LogP contribution in [-0.4, -0.2) is 29.2 Å². The lowest BCUT2D eigenvalue weighted by Crippen LogP contribution is -2.16. The molecule has 0 bridgehead atoms. The Bertz CT molecular complexity index is 451. The number of hydrogen-bond donors (Lipinski definition) is 2. The summed E-state index contributed by atoms with van der Waals surface area (Å²) in [4.78, 5) is 13.9. The minimum Gasteiger partial charge on any atom is -0.370 e. The van der Waals surface area contributed by atoms with E-state index in [1.54, 1.807) is 6.92 Å². The molecule has 0 saturated heterocycles. The van der Waals surface area contributed by atoms with Gasteiger partial charge in [0.2, 0.25) is 5.82 Å². The number of nitrogens with zero attached hydrogens (tertiary/aromatic N) is 2. The van der Waals surface area contributed by atoms with Gasteiger partial charge in [0.25, 0.3) is 0 Å². The molecule has 106 valence electrons. The van der Waals surface area contributed by atoms with Crippen molar-refractivity contribution >= 4 is 17.3 Å². The fourth-order valence-electron chi connectivity index (χ4n) is 1.33. The number of rotatable bonds is 6. The van der Waals surface area contributed by atoms with Crippen LogP contribution in [0.4, 0.5) is 30.5 Å². The predicted molar refractivity (Wildman–Crippen MR) is 64.2 cm³/mol. The zero-order valence-electron chi connectivity index (χ0n) is 10.1. The minimum absolute atomic E-state index is 0.173. The van der Waals surface area contributed by atoms with Crippen LogP contribution in [-0.2, 0) is 0 Å². The number of pyridine rings is 1. The van der Waals surface area contributed by atoms with Gasteiger partial charge in [0.05, 0.1) is 11.3 Å². The molecule has 19 heavy (non-hydrogen) atoms. The van der Waals surface area contributed by atoms with Gasteiger partial charge in [-0.2, -0.15) is 13.2 Å². The molecular formula is C10H13F3N4O2. The normalized spacial score (nSPS) is 11.2. The average molecular weight is 278 g/mol. The van der Waals surface area contributed by atoms with E-state index >= 15 is 0 Å². The number of hydrogen-bond acceptors (Lipinski definition) is 5. The molecule has 0 unspecified atom stereocenters. The molecule has 9 heteroatoms. The Hall–Kier alpha value is -2.06. The fourth-order valence-corrected chi connectivity index (χ4v) is 1.33. The van der Waals surface area contributed by atoms with Crippen LogP contribution in [0.25, 0.3) is 0 Å². The zero-order chi connectivity index (χ0) is 14.5. The Balaban J connectivity index is 2.82. The third-order valence-corrected chi connectivity index (χ3v) is 2.13. The van der Waals surface area contributed by atoms with Gasteiger partial charge in [-0.3, -0.25) is 10.1 Å². The van der Waals surface area contributed by atoms with E-state index in [9.17, 15) is 23.3 Å². The lowest BCUT2D eigenvalue weighted by atomic mass is 10.3. The molecule has 0 fully saturated rings. The smallest absolute Gasteiger partial charge is 0.370 e. The molecule has 0 spiro atoms. The number of aromatic nitrogens is 1. The zero-order valence-corrected chi connectivity index (χ0v) is 10.1. The molecule has 0 radical (unpaired) electrons. The largest absolute Gasteiger partial charge is 0.390 e. The van der Waals surface area contributed by atoms with Gasteiger partial charge in [0.1, 0.15) is 5.82 Å². The summed E-state index contributed by atoms with van der Waals surface area (Å²) in [6, 6.07) is 2.59. The third kappa shape index (κ3) is 4.98. The van der Waals surface area contributed by atoms with Gasteiger partial charge >= 0.3 is 11.9 Å². The van der Waals surface area contributed by atoms with E-state index in [-0.39, 0.29) is 11.5 Å². The summed E-state index contributed by atoms with van der Waals surface area (Å²) in [6.45, 7) is 1.89. The predicted octanol–water partition coefficient (Wildman–Crippen LogP) is 2.79. The lowest BCUT2D eigenvalue weighted by Gasteiger charge is -2.10. The van der Waals surface area contributed by atoms with Crippen molar-refractivity contribution in [3.63, 3.8) is 0 Å². The highest BCUT2D eigenvalue weighted by molar-refractivity contribution is 5.60. The highest BCUT2D eigenvalue weighted by Crippen LogP contribution is 2.25. The van der Waals surface area contributed by atoms with Crippen LogP contribution < -0.4 is 10.6 Å². The van der Waals surface area contributed by atoms with E-state index in [2.05, 4.69) is 15.6 Å². The van der Waals surface area contributed by atoms with Crippen LogP contribution in [0.2, 0.25) is 0 Å². The Kier molecular flexibility index (Phi) is 4.90. The van der Waals surface area contributed by atoms with Crippen molar-refractivity contribution in [3.05, 3.63) is 22.2 Å². The van der Waals surface area contributed by atoms with Gasteiger partial charge in [0.15, 0.2) is 0 Å². The lowest BCUT2D eigenvalue weighted by molar-refractivity contribution is -0.384. The molecule has 0 saturated carbocycles. The number of anilines is 2. The van der Waals surface area contributed by atoms with Crippen LogP contribution in [0.15, 0.2) is 12.1 Å². The van der Waals surface area contributed by atoms with Crippen molar-refractivity contribution in [3.8, 4) is 0 Å². The second kappa shape index (κ2) is 6.21. The monoisotopic (exact) mass is 278 g/mol. The van der Waals surface area contributed by atoms with Crippen molar-refractivity contribution in [2.24, 2.45) is 0 Å². The molecule has 0 atom stereocenters. The number of halogens is 3. The van der Waals surface area contributed by atoms with E-state index in [1.165, 1.54) is 12.1 Å². The van der Waals surface area contributed by atoms with Gasteiger partial charge in [-0.1, -0.05) is 0 Å². The standard InChI is InChI=1S/C10H13F3N4O2/c1-2-14-8-4-3-7(17(18)19)9(16-8)15-6-5-10(11,12)13/h3-4H,2,5-6H2,1H3,(H2,14,15,16). The molecule has 1 aromatic heterocycles. The molecule has 0 aromatic carbocycles. The molecule has 0 aliphatic rings. The second-order valence-electron chi connectivity index (χ2n) is 3.64. The highest BCUT2D eigenvalue weighted by Gasteiger charge is 2.27. The number of nitrogens with one attached hydrogen (secondary N) is 2. The summed E-state index contributed by atoms with van der Waals surface area (Å²) in [5.41, 5.74) is -0.358. The maximum absolute atomic E-state index is 12.0. The molecule has 1 rings (SSSR count). The first-order valence-electron chi connectivity index (χ1n) is 5.53. The van der Waals surface area contributed by atoms with Gasteiger partial charge in [-0.25, -0.2) is 4.98 Å². The maximum Gasteiger partial charge on any atom is 0.390 e. The Morgan fingerprint density at radius 3 is 2.58 bits per heavy atom. The molecular weight excluding hydrogens is 265 g/mol. The molecule has 6 nitrogen and oxygen atoms in total. The fraction of sp³-hybridized carbons (Fsp3) is 0.500. The Morgan fingerprint density at radius 2 is 2.05 bits per heavy atom.